The molecule has 0 spiro atoms. The molecule has 2 heterocycles. The number of fused-ring (bicyclic) bond motifs is 1. The Morgan fingerprint density at radius 3 is 3.00 bits per heavy atom. The van der Waals surface area contributed by atoms with Crippen LogP contribution in [-0.2, 0) is 6.54 Å². The molecule has 1 aromatic rings. The van der Waals surface area contributed by atoms with E-state index in [1.165, 1.54) is 5.56 Å². The number of nitrogens with one attached hydrogen (secondary N) is 2. The van der Waals surface area contributed by atoms with E-state index >= 15 is 0 Å². The van der Waals surface area contributed by atoms with Gasteiger partial charge in [0.05, 0.1) is 5.69 Å². The van der Waals surface area contributed by atoms with Crippen molar-refractivity contribution in [3.8, 4) is 0 Å². The summed E-state index contributed by atoms with van der Waals surface area (Å²) < 4.78 is 0. The van der Waals surface area contributed by atoms with Crippen LogP contribution in [0.2, 0.25) is 0 Å². The Morgan fingerprint density at radius 2 is 2.25 bits per heavy atom. The van der Waals surface area contributed by atoms with Gasteiger partial charge in [-0.05, 0) is 5.92 Å². The van der Waals surface area contributed by atoms with E-state index in [0.717, 1.165) is 18.1 Å². The molecule has 4 nitrogen and oxygen atoms in total. The standard InChI is InChI=1S/C8H12N4/c1-5(2)7-6-3-11-12-8(6)10-4-9-7/h4-5,11H,3H2,1-2H3,(H,9,10,12). The van der Waals surface area contributed by atoms with Gasteiger partial charge < -0.3 is 5.43 Å². The Balaban J connectivity index is 2.49. The molecular weight excluding hydrogens is 152 g/mol. The topological polar surface area (TPSA) is 49.8 Å². The van der Waals surface area contributed by atoms with Gasteiger partial charge in [-0.1, -0.05) is 13.8 Å². The minimum absolute atomic E-state index is 0.462. The van der Waals surface area contributed by atoms with Gasteiger partial charge in [0.25, 0.3) is 0 Å². The first kappa shape index (κ1) is 7.49. The van der Waals surface area contributed by atoms with E-state index in [9.17, 15) is 0 Å². The van der Waals surface area contributed by atoms with Crippen molar-refractivity contribution in [2.24, 2.45) is 0 Å². The normalized spacial score (nSPS) is 14.6. The average molecular weight is 164 g/mol. The summed E-state index contributed by atoms with van der Waals surface area (Å²) in [6, 6.07) is 0. The van der Waals surface area contributed by atoms with Crippen LogP contribution in [0.1, 0.15) is 31.0 Å². The monoisotopic (exact) mass is 164 g/mol. The molecule has 0 aromatic carbocycles. The van der Waals surface area contributed by atoms with E-state index < -0.39 is 0 Å². The fourth-order valence-electron chi connectivity index (χ4n) is 1.42. The van der Waals surface area contributed by atoms with Crippen LogP contribution in [0.15, 0.2) is 6.33 Å². The number of hydrogen-bond donors (Lipinski definition) is 2. The molecule has 2 N–H and O–H groups in total. The Hall–Kier alpha value is -1.16. The summed E-state index contributed by atoms with van der Waals surface area (Å²) >= 11 is 0. The van der Waals surface area contributed by atoms with Gasteiger partial charge in [-0.3, -0.25) is 0 Å². The first-order chi connectivity index (χ1) is 5.79. The Bertz CT molecular complexity index is 295. The van der Waals surface area contributed by atoms with Crippen molar-refractivity contribution < 1.29 is 0 Å². The van der Waals surface area contributed by atoms with Crippen molar-refractivity contribution in [1.82, 2.24) is 15.4 Å². The molecule has 0 radical (unpaired) electrons. The van der Waals surface area contributed by atoms with E-state index in [1.54, 1.807) is 6.33 Å². The molecule has 0 fully saturated rings. The highest BCUT2D eigenvalue weighted by Crippen LogP contribution is 2.24. The van der Waals surface area contributed by atoms with E-state index in [4.69, 9.17) is 0 Å². The molecule has 0 aliphatic carbocycles. The summed E-state index contributed by atoms with van der Waals surface area (Å²) in [5.74, 6) is 1.39. The molecule has 0 atom stereocenters. The first-order valence-electron chi connectivity index (χ1n) is 4.11. The lowest BCUT2D eigenvalue weighted by atomic mass is 10.1. The van der Waals surface area contributed by atoms with Gasteiger partial charge in [-0.15, -0.1) is 0 Å². The maximum Gasteiger partial charge on any atom is 0.148 e. The van der Waals surface area contributed by atoms with Gasteiger partial charge in [-0.2, -0.15) is 0 Å². The quantitative estimate of drug-likeness (QED) is 0.651. The fraction of sp³-hybridized carbons (Fsp3) is 0.500. The lowest BCUT2D eigenvalue weighted by Gasteiger charge is -2.07. The maximum absolute atomic E-state index is 4.26. The van der Waals surface area contributed by atoms with Crippen LogP contribution < -0.4 is 10.9 Å². The second kappa shape index (κ2) is 2.71. The van der Waals surface area contributed by atoms with E-state index in [1.807, 2.05) is 0 Å². The SMILES string of the molecule is CC(C)c1ncnc2c1CNN2. The van der Waals surface area contributed by atoms with Gasteiger partial charge >= 0.3 is 0 Å². The van der Waals surface area contributed by atoms with Gasteiger partial charge in [0.15, 0.2) is 0 Å². The van der Waals surface area contributed by atoms with Crippen molar-refractivity contribution >= 4 is 5.82 Å². The van der Waals surface area contributed by atoms with Crippen LogP contribution >= 0.6 is 0 Å². The first-order valence-corrected chi connectivity index (χ1v) is 4.11. The number of anilines is 1. The second-order valence-corrected chi connectivity index (χ2v) is 3.22. The minimum Gasteiger partial charge on any atom is -0.305 e. The van der Waals surface area contributed by atoms with Crippen molar-refractivity contribution in [3.63, 3.8) is 0 Å². The summed E-state index contributed by atoms with van der Waals surface area (Å²) in [5, 5.41) is 0. The van der Waals surface area contributed by atoms with Crippen LogP contribution in [0, 0.1) is 0 Å². The van der Waals surface area contributed by atoms with E-state index in [0.29, 0.717) is 5.92 Å². The summed E-state index contributed by atoms with van der Waals surface area (Å²) in [4.78, 5) is 8.38. The minimum atomic E-state index is 0.462. The molecule has 1 aromatic heterocycles. The second-order valence-electron chi connectivity index (χ2n) is 3.22. The molecule has 2 rings (SSSR count). The highest BCUT2D eigenvalue weighted by molar-refractivity contribution is 5.49. The summed E-state index contributed by atoms with van der Waals surface area (Å²) in [7, 11) is 0. The number of hydrogen-bond acceptors (Lipinski definition) is 4. The molecule has 0 saturated heterocycles. The van der Waals surface area contributed by atoms with Crippen LogP contribution in [0.4, 0.5) is 5.82 Å². The number of aromatic nitrogens is 2. The third-order valence-electron chi connectivity index (χ3n) is 2.00. The van der Waals surface area contributed by atoms with Gasteiger partial charge in [-0.25, -0.2) is 15.4 Å². The van der Waals surface area contributed by atoms with Crippen molar-refractivity contribution in [1.29, 1.82) is 0 Å². The molecule has 1 aliphatic heterocycles. The summed E-state index contributed by atoms with van der Waals surface area (Å²) in [5.41, 5.74) is 8.36. The lowest BCUT2D eigenvalue weighted by molar-refractivity contribution is 0.779. The maximum atomic E-state index is 4.26. The Kier molecular flexibility index (Phi) is 1.69. The third-order valence-corrected chi connectivity index (χ3v) is 2.00. The van der Waals surface area contributed by atoms with Crippen LogP contribution in [-0.4, -0.2) is 9.97 Å². The Labute approximate surface area is 71.4 Å². The van der Waals surface area contributed by atoms with Crippen LogP contribution in [0.3, 0.4) is 0 Å². The molecule has 4 heteroatoms. The Morgan fingerprint density at radius 1 is 1.42 bits per heavy atom. The average Bonchev–Trinajstić information content (AvgIpc) is 2.49. The third kappa shape index (κ3) is 1.04. The zero-order valence-corrected chi connectivity index (χ0v) is 7.26. The molecule has 0 unspecified atom stereocenters. The lowest BCUT2D eigenvalue weighted by Crippen LogP contribution is -2.11. The van der Waals surface area contributed by atoms with Crippen molar-refractivity contribution in [3.05, 3.63) is 17.6 Å². The van der Waals surface area contributed by atoms with Crippen LogP contribution in [0.5, 0.6) is 0 Å². The molecule has 0 amide bonds. The van der Waals surface area contributed by atoms with E-state index in [2.05, 4.69) is 34.7 Å². The smallest absolute Gasteiger partial charge is 0.148 e. The largest absolute Gasteiger partial charge is 0.305 e. The summed E-state index contributed by atoms with van der Waals surface area (Å²) in [6.07, 6.45) is 1.61. The fourth-order valence-corrected chi connectivity index (χ4v) is 1.42. The zero-order valence-electron chi connectivity index (χ0n) is 7.26. The number of nitrogens with zero attached hydrogens (tertiary/aromatic N) is 2. The number of hydrazine groups is 1. The van der Waals surface area contributed by atoms with Crippen molar-refractivity contribution in [2.45, 2.75) is 26.3 Å². The molecule has 0 saturated carbocycles. The molecule has 0 bridgehead atoms. The molecule has 12 heavy (non-hydrogen) atoms. The van der Waals surface area contributed by atoms with E-state index in [-0.39, 0.29) is 0 Å². The highest BCUT2D eigenvalue weighted by atomic mass is 15.4. The number of rotatable bonds is 1. The zero-order chi connectivity index (χ0) is 8.55. The predicted octanol–water partition coefficient (Wildman–Crippen LogP) is 1.03. The predicted molar refractivity (Wildman–Crippen MR) is 46.6 cm³/mol. The van der Waals surface area contributed by atoms with Gasteiger partial charge in [0.1, 0.15) is 12.1 Å². The van der Waals surface area contributed by atoms with Gasteiger partial charge in [0.2, 0.25) is 0 Å². The van der Waals surface area contributed by atoms with Crippen LogP contribution in [0.25, 0.3) is 0 Å². The molecule has 64 valence electrons. The highest BCUT2D eigenvalue weighted by Gasteiger charge is 2.17. The molecule has 1 aliphatic rings. The van der Waals surface area contributed by atoms with Crippen molar-refractivity contribution in [2.75, 3.05) is 5.43 Å². The molecular formula is C8H12N4. The summed E-state index contributed by atoms with van der Waals surface area (Å²) in [6.45, 7) is 5.10. The van der Waals surface area contributed by atoms with Gasteiger partial charge in [0, 0.05) is 12.1 Å².